The summed E-state index contributed by atoms with van der Waals surface area (Å²) in [5.41, 5.74) is -0.0848. The van der Waals surface area contributed by atoms with Crippen LogP contribution in [0.1, 0.15) is 13.8 Å². The van der Waals surface area contributed by atoms with Crippen molar-refractivity contribution in [2.45, 2.75) is 24.8 Å². The van der Waals surface area contributed by atoms with E-state index >= 15 is 0 Å². The fourth-order valence-electron chi connectivity index (χ4n) is 2.24. The number of nitrogens with zero attached hydrogens (tertiary/aromatic N) is 2. The number of pyridine rings is 1. The molecule has 0 radical (unpaired) electrons. The van der Waals surface area contributed by atoms with E-state index in [1.807, 2.05) is 13.8 Å². The molecule has 0 unspecified atom stereocenters. The molecule has 0 aliphatic heterocycles. The summed E-state index contributed by atoms with van der Waals surface area (Å²) < 4.78 is 27.5. The minimum atomic E-state index is -3.82. The third-order valence-electron chi connectivity index (χ3n) is 3.33. The Kier molecular flexibility index (Phi) is 5.24. The lowest BCUT2D eigenvalue weighted by molar-refractivity contribution is -0.383. The average molecular weight is 338 g/mol. The van der Waals surface area contributed by atoms with Crippen LogP contribution in [0.5, 0.6) is 0 Å². The summed E-state index contributed by atoms with van der Waals surface area (Å²) >= 11 is 0. The fraction of sp³-hybridized carbons (Fsp3) is 0.357. The first-order valence-corrected chi connectivity index (χ1v) is 8.60. The minimum Gasteiger partial charge on any atom is -0.313 e. The van der Waals surface area contributed by atoms with Crippen LogP contribution in [0.4, 0.5) is 5.69 Å². The second-order valence-electron chi connectivity index (χ2n) is 5.05. The highest BCUT2D eigenvalue weighted by Crippen LogP contribution is 2.29. The molecule has 2 aromatic rings. The van der Waals surface area contributed by atoms with E-state index in [-0.39, 0.29) is 34.1 Å². The normalized spacial score (nSPS) is 13.1. The maximum Gasteiger partial charge on any atom is 0.278 e. The first-order chi connectivity index (χ1) is 10.9. The Hall–Kier alpha value is -2.10. The van der Waals surface area contributed by atoms with E-state index in [2.05, 4.69) is 15.0 Å². The van der Waals surface area contributed by atoms with Crippen molar-refractivity contribution in [3.8, 4) is 0 Å². The predicted octanol–water partition coefficient (Wildman–Crippen LogP) is 1.42. The van der Waals surface area contributed by atoms with Crippen LogP contribution >= 0.6 is 0 Å². The second kappa shape index (κ2) is 6.99. The van der Waals surface area contributed by atoms with Gasteiger partial charge in [0, 0.05) is 24.8 Å². The molecule has 124 valence electrons. The van der Waals surface area contributed by atoms with Crippen LogP contribution in [0, 0.1) is 10.1 Å². The van der Waals surface area contributed by atoms with E-state index in [1.165, 1.54) is 30.5 Å². The largest absolute Gasteiger partial charge is 0.313 e. The van der Waals surface area contributed by atoms with Gasteiger partial charge >= 0.3 is 0 Å². The van der Waals surface area contributed by atoms with Gasteiger partial charge in [0.2, 0.25) is 10.0 Å². The van der Waals surface area contributed by atoms with Crippen molar-refractivity contribution in [1.82, 2.24) is 15.0 Å². The smallest absolute Gasteiger partial charge is 0.278 e. The Morgan fingerprint density at radius 1 is 1.35 bits per heavy atom. The van der Waals surface area contributed by atoms with Gasteiger partial charge < -0.3 is 5.32 Å². The number of rotatable bonds is 7. The van der Waals surface area contributed by atoms with Gasteiger partial charge in [-0.05, 0) is 31.7 Å². The number of nitro groups is 1. The van der Waals surface area contributed by atoms with E-state index in [0.29, 0.717) is 0 Å². The van der Waals surface area contributed by atoms with Crippen molar-refractivity contribution in [1.29, 1.82) is 0 Å². The zero-order valence-corrected chi connectivity index (χ0v) is 13.6. The molecule has 2 N–H and O–H groups in total. The maximum atomic E-state index is 12.5. The molecule has 0 saturated carbocycles. The highest BCUT2D eigenvalue weighted by molar-refractivity contribution is 7.89. The van der Waals surface area contributed by atoms with Crippen molar-refractivity contribution in [3.05, 3.63) is 40.6 Å². The molecular formula is C14H18N4O4S. The zero-order chi connectivity index (χ0) is 17.0. The van der Waals surface area contributed by atoms with Gasteiger partial charge in [0.05, 0.1) is 15.8 Å². The van der Waals surface area contributed by atoms with Crippen molar-refractivity contribution in [3.63, 3.8) is 0 Å². The number of aromatic nitrogens is 1. The Morgan fingerprint density at radius 3 is 2.74 bits per heavy atom. The highest BCUT2D eigenvalue weighted by Gasteiger charge is 2.23. The summed E-state index contributed by atoms with van der Waals surface area (Å²) in [5.74, 6) is 0. The van der Waals surface area contributed by atoms with E-state index < -0.39 is 14.9 Å². The Bertz CT molecular complexity index is 823. The lowest BCUT2D eigenvalue weighted by Gasteiger charge is -2.14. The quantitative estimate of drug-likeness (QED) is 0.583. The number of sulfonamides is 1. The summed E-state index contributed by atoms with van der Waals surface area (Å²) in [7, 11) is -3.82. The minimum absolute atomic E-state index is 0.0351. The fourth-order valence-corrected chi connectivity index (χ4v) is 3.53. The molecule has 0 aliphatic rings. The van der Waals surface area contributed by atoms with E-state index in [0.717, 1.165) is 6.54 Å². The maximum absolute atomic E-state index is 12.5. The summed E-state index contributed by atoms with van der Waals surface area (Å²) in [6.45, 7) is 4.73. The number of hydrogen-bond donors (Lipinski definition) is 2. The number of benzene rings is 1. The number of nitrogens with one attached hydrogen (secondary N) is 2. The van der Waals surface area contributed by atoms with Crippen molar-refractivity contribution in [2.75, 3.05) is 13.1 Å². The topological polar surface area (TPSA) is 114 Å². The zero-order valence-electron chi connectivity index (χ0n) is 12.8. The molecule has 1 aromatic heterocycles. The molecule has 0 amide bonds. The summed E-state index contributed by atoms with van der Waals surface area (Å²) in [5, 5.41) is 14.4. The Balaban J connectivity index is 2.43. The number of likely N-dealkylation sites (N-methyl/N-ethyl adjacent to an activating group) is 1. The summed E-state index contributed by atoms with van der Waals surface area (Å²) in [6, 6.07) is 5.39. The molecule has 0 spiro atoms. The van der Waals surface area contributed by atoms with Crippen molar-refractivity contribution >= 4 is 26.6 Å². The third kappa shape index (κ3) is 3.81. The molecule has 23 heavy (non-hydrogen) atoms. The van der Waals surface area contributed by atoms with Crippen LogP contribution in [0.25, 0.3) is 10.9 Å². The van der Waals surface area contributed by atoms with E-state index in [9.17, 15) is 18.5 Å². The number of nitro benzene ring substituents is 1. The standard InChI is InChI=1S/C14H18N4O4S/c1-3-15-10(2)9-17-23(21,22)13-7-6-12(18(19)20)11-5-4-8-16-14(11)13/h4-8,10,15,17H,3,9H2,1-2H3/t10-/m1/s1. The molecular weight excluding hydrogens is 320 g/mol. The van der Waals surface area contributed by atoms with Crippen LogP contribution < -0.4 is 10.0 Å². The lowest BCUT2D eigenvalue weighted by Crippen LogP contribution is -2.38. The molecule has 0 fully saturated rings. The van der Waals surface area contributed by atoms with Crippen molar-refractivity contribution in [2.24, 2.45) is 0 Å². The molecule has 1 aromatic carbocycles. The van der Waals surface area contributed by atoms with Crippen LogP contribution in [-0.4, -0.2) is 37.5 Å². The van der Waals surface area contributed by atoms with Gasteiger partial charge in [-0.15, -0.1) is 0 Å². The molecule has 8 nitrogen and oxygen atoms in total. The summed E-state index contributed by atoms with van der Waals surface area (Å²) in [4.78, 5) is 14.5. The molecule has 9 heteroatoms. The van der Waals surface area contributed by atoms with Gasteiger partial charge in [0.25, 0.3) is 5.69 Å². The SMILES string of the molecule is CCN[C@H](C)CNS(=O)(=O)c1ccc([N+](=O)[O-])c2cccnc12. The highest BCUT2D eigenvalue weighted by atomic mass is 32.2. The molecule has 0 saturated heterocycles. The first kappa shape index (κ1) is 17.3. The molecule has 2 rings (SSSR count). The first-order valence-electron chi connectivity index (χ1n) is 7.12. The Labute approximate surface area is 134 Å². The molecule has 0 bridgehead atoms. The molecule has 0 aliphatic carbocycles. The van der Waals surface area contributed by atoms with Crippen LogP contribution in [0.15, 0.2) is 35.4 Å². The van der Waals surface area contributed by atoms with Crippen molar-refractivity contribution < 1.29 is 13.3 Å². The number of hydrogen-bond acceptors (Lipinski definition) is 6. The lowest BCUT2D eigenvalue weighted by atomic mass is 10.2. The van der Waals surface area contributed by atoms with Gasteiger partial charge in [-0.2, -0.15) is 0 Å². The van der Waals surface area contributed by atoms with E-state index in [1.54, 1.807) is 0 Å². The van der Waals surface area contributed by atoms with Gasteiger partial charge in [-0.25, -0.2) is 13.1 Å². The molecule has 1 atom stereocenters. The number of non-ortho nitro benzene ring substituents is 1. The summed E-state index contributed by atoms with van der Waals surface area (Å²) in [6.07, 6.45) is 1.41. The third-order valence-corrected chi connectivity index (χ3v) is 4.78. The number of fused-ring (bicyclic) bond motifs is 1. The van der Waals surface area contributed by atoms with Gasteiger partial charge in [0.1, 0.15) is 4.90 Å². The average Bonchev–Trinajstić information content (AvgIpc) is 2.52. The Morgan fingerprint density at radius 2 is 2.09 bits per heavy atom. The van der Waals surface area contributed by atoms with Crippen LogP contribution in [-0.2, 0) is 10.0 Å². The molecule has 1 heterocycles. The van der Waals surface area contributed by atoms with Gasteiger partial charge in [0.15, 0.2) is 0 Å². The second-order valence-corrected chi connectivity index (χ2v) is 6.79. The monoisotopic (exact) mass is 338 g/mol. The van der Waals surface area contributed by atoms with Crippen LogP contribution in [0.2, 0.25) is 0 Å². The predicted molar refractivity (Wildman–Crippen MR) is 86.7 cm³/mol. The van der Waals surface area contributed by atoms with Gasteiger partial charge in [-0.1, -0.05) is 6.92 Å². The van der Waals surface area contributed by atoms with E-state index in [4.69, 9.17) is 0 Å². The van der Waals surface area contributed by atoms with Crippen LogP contribution in [0.3, 0.4) is 0 Å². The van der Waals surface area contributed by atoms with Gasteiger partial charge in [-0.3, -0.25) is 15.1 Å².